The lowest BCUT2D eigenvalue weighted by Crippen LogP contribution is -2.27. The summed E-state index contributed by atoms with van der Waals surface area (Å²) in [6.07, 6.45) is 1.95. The quantitative estimate of drug-likeness (QED) is 0.335. The predicted molar refractivity (Wildman–Crippen MR) is 109 cm³/mol. The lowest BCUT2D eigenvalue weighted by atomic mass is 10.1. The smallest absolute Gasteiger partial charge is 0.343 e. The zero-order valence-electron chi connectivity index (χ0n) is 16.6. The van der Waals surface area contributed by atoms with E-state index in [0.717, 1.165) is 17.3 Å². The van der Waals surface area contributed by atoms with Crippen molar-refractivity contribution < 1.29 is 23.8 Å². The summed E-state index contributed by atoms with van der Waals surface area (Å²) in [5.41, 5.74) is 6.88. The second-order valence-corrected chi connectivity index (χ2v) is 6.69. The highest BCUT2D eigenvalue weighted by Crippen LogP contribution is 2.27. The summed E-state index contributed by atoms with van der Waals surface area (Å²) in [5.74, 6) is 0.721. The third-order valence-corrected chi connectivity index (χ3v) is 4.67. The number of ether oxygens (including phenoxy) is 3. The number of benzene rings is 1. The zero-order chi connectivity index (χ0) is 21.2. The predicted octanol–water partition coefficient (Wildman–Crippen LogP) is 1.70. The molecule has 0 radical (unpaired) electrons. The minimum atomic E-state index is -0.575. The average molecular weight is 420 g/mol. The molecule has 1 aromatic heterocycles. The molecule has 0 fully saturated rings. The third kappa shape index (κ3) is 6.53. The van der Waals surface area contributed by atoms with Crippen molar-refractivity contribution >= 4 is 29.5 Å². The van der Waals surface area contributed by atoms with Gasteiger partial charge in [0.1, 0.15) is 11.4 Å². The Kier molecular flexibility index (Phi) is 8.53. The van der Waals surface area contributed by atoms with E-state index < -0.39 is 5.97 Å². The van der Waals surface area contributed by atoms with Crippen LogP contribution in [0.3, 0.4) is 0 Å². The molecular weight excluding hydrogens is 396 g/mol. The molecule has 2 rings (SSSR count). The molecule has 1 amide bonds. The maximum atomic E-state index is 12.0. The van der Waals surface area contributed by atoms with Crippen LogP contribution in [0.25, 0.3) is 0 Å². The first kappa shape index (κ1) is 22.3. The van der Waals surface area contributed by atoms with Gasteiger partial charge in [-0.2, -0.15) is 0 Å². The van der Waals surface area contributed by atoms with Gasteiger partial charge in [-0.3, -0.25) is 4.79 Å². The molecule has 9 nitrogen and oxygen atoms in total. The second kappa shape index (κ2) is 11.1. The van der Waals surface area contributed by atoms with Crippen molar-refractivity contribution in [3.05, 3.63) is 35.5 Å². The number of carbonyl (C=O) groups excluding carboxylic acids is 2. The molecule has 0 aliphatic carbocycles. The van der Waals surface area contributed by atoms with Gasteiger partial charge in [0.05, 0.1) is 26.6 Å². The number of thioether (sulfide) groups is 1. The van der Waals surface area contributed by atoms with E-state index in [9.17, 15) is 9.59 Å². The van der Waals surface area contributed by atoms with Crippen molar-refractivity contribution in [2.75, 3.05) is 38.9 Å². The number of nitrogen functional groups attached to an aromatic ring is 1. The van der Waals surface area contributed by atoms with Crippen LogP contribution >= 0.6 is 11.8 Å². The molecule has 2 aromatic rings. The average Bonchev–Trinajstić information content (AvgIpc) is 2.72. The van der Waals surface area contributed by atoms with Gasteiger partial charge >= 0.3 is 5.97 Å². The van der Waals surface area contributed by atoms with Gasteiger partial charge in [-0.05, 0) is 31.0 Å². The largest absolute Gasteiger partial charge is 0.493 e. The molecule has 0 unspecified atom stereocenters. The van der Waals surface area contributed by atoms with Gasteiger partial charge in [0.15, 0.2) is 16.7 Å². The molecule has 0 saturated heterocycles. The van der Waals surface area contributed by atoms with Gasteiger partial charge in [0.25, 0.3) is 0 Å². The SMILES string of the molecule is CCOC(=O)c1cnc(SCC(=O)NCCc2ccc(OC)c(OC)c2)nc1N. The van der Waals surface area contributed by atoms with E-state index in [1.54, 1.807) is 21.1 Å². The highest BCUT2D eigenvalue weighted by atomic mass is 32.2. The second-order valence-electron chi connectivity index (χ2n) is 5.75. The van der Waals surface area contributed by atoms with E-state index in [-0.39, 0.29) is 29.6 Å². The van der Waals surface area contributed by atoms with Crippen LogP contribution in [0.15, 0.2) is 29.6 Å². The Bertz CT molecular complexity index is 862. The Morgan fingerprint density at radius 3 is 2.62 bits per heavy atom. The Labute approximate surface area is 173 Å². The summed E-state index contributed by atoms with van der Waals surface area (Å²) in [6, 6.07) is 5.62. The Morgan fingerprint density at radius 2 is 1.97 bits per heavy atom. The molecule has 10 heteroatoms. The number of nitrogens with zero attached hydrogens (tertiary/aromatic N) is 2. The number of anilines is 1. The maximum Gasteiger partial charge on any atom is 0.343 e. The minimum Gasteiger partial charge on any atom is -0.493 e. The van der Waals surface area contributed by atoms with Crippen LogP contribution < -0.4 is 20.5 Å². The van der Waals surface area contributed by atoms with Crippen molar-refractivity contribution in [1.29, 1.82) is 0 Å². The topological polar surface area (TPSA) is 126 Å². The first-order valence-electron chi connectivity index (χ1n) is 8.88. The highest BCUT2D eigenvalue weighted by molar-refractivity contribution is 7.99. The number of hydrogen-bond donors (Lipinski definition) is 2. The third-order valence-electron chi connectivity index (χ3n) is 3.81. The number of carbonyl (C=O) groups is 2. The molecule has 0 aliphatic rings. The molecule has 0 aliphatic heterocycles. The monoisotopic (exact) mass is 420 g/mol. The van der Waals surface area contributed by atoms with E-state index in [1.807, 2.05) is 18.2 Å². The molecule has 29 heavy (non-hydrogen) atoms. The summed E-state index contributed by atoms with van der Waals surface area (Å²) in [6.45, 7) is 2.40. The Morgan fingerprint density at radius 1 is 1.21 bits per heavy atom. The van der Waals surface area contributed by atoms with Gasteiger partial charge in [-0.15, -0.1) is 0 Å². The number of hydrogen-bond acceptors (Lipinski definition) is 9. The number of rotatable bonds is 10. The fourth-order valence-electron chi connectivity index (χ4n) is 2.38. The molecule has 1 aromatic carbocycles. The standard InChI is InChI=1S/C19H24N4O5S/c1-4-28-18(25)13-10-22-19(23-17(13)20)29-11-16(24)21-8-7-12-5-6-14(26-2)15(9-12)27-3/h5-6,9-10H,4,7-8,11H2,1-3H3,(H,21,24)(H2,20,22,23). The molecule has 0 bridgehead atoms. The van der Waals surface area contributed by atoms with E-state index in [2.05, 4.69) is 15.3 Å². The number of nitrogens with one attached hydrogen (secondary N) is 1. The number of nitrogens with two attached hydrogens (primary N) is 1. The fourth-order valence-corrected chi connectivity index (χ4v) is 3.03. The number of methoxy groups -OCH3 is 2. The van der Waals surface area contributed by atoms with Crippen LogP contribution in [-0.2, 0) is 16.0 Å². The van der Waals surface area contributed by atoms with Crippen molar-refractivity contribution in [2.24, 2.45) is 0 Å². The molecular formula is C19H24N4O5S. The number of amides is 1. The van der Waals surface area contributed by atoms with Gasteiger partial charge in [0.2, 0.25) is 5.91 Å². The highest BCUT2D eigenvalue weighted by Gasteiger charge is 2.14. The van der Waals surface area contributed by atoms with Crippen LogP contribution in [0.4, 0.5) is 5.82 Å². The molecule has 3 N–H and O–H groups in total. The van der Waals surface area contributed by atoms with Gasteiger partial charge < -0.3 is 25.3 Å². The Balaban J connectivity index is 1.80. The van der Waals surface area contributed by atoms with Crippen molar-refractivity contribution in [1.82, 2.24) is 15.3 Å². The van der Waals surface area contributed by atoms with E-state index >= 15 is 0 Å². The first-order valence-corrected chi connectivity index (χ1v) is 9.87. The van der Waals surface area contributed by atoms with Crippen molar-refractivity contribution in [3.8, 4) is 11.5 Å². The van der Waals surface area contributed by atoms with Crippen LogP contribution in [0, 0.1) is 0 Å². The molecule has 0 saturated carbocycles. The minimum absolute atomic E-state index is 0.0230. The molecule has 1 heterocycles. The summed E-state index contributed by atoms with van der Waals surface area (Å²) in [4.78, 5) is 31.8. The molecule has 0 spiro atoms. The Hall–Kier alpha value is -3.01. The maximum absolute atomic E-state index is 12.0. The normalized spacial score (nSPS) is 10.3. The van der Waals surface area contributed by atoms with Crippen LogP contribution in [0.2, 0.25) is 0 Å². The summed E-state index contributed by atoms with van der Waals surface area (Å²) in [5, 5.41) is 3.15. The summed E-state index contributed by atoms with van der Waals surface area (Å²) >= 11 is 1.13. The molecule has 156 valence electrons. The number of esters is 1. The van der Waals surface area contributed by atoms with Crippen LogP contribution in [0.1, 0.15) is 22.8 Å². The summed E-state index contributed by atoms with van der Waals surface area (Å²) < 4.78 is 15.3. The van der Waals surface area contributed by atoms with Gasteiger partial charge in [-0.25, -0.2) is 14.8 Å². The number of aromatic nitrogens is 2. The summed E-state index contributed by atoms with van der Waals surface area (Å²) in [7, 11) is 3.16. The van der Waals surface area contributed by atoms with E-state index in [4.69, 9.17) is 19.9 Å². The zero-order valence-corrected chi connectivity index (χ0v) is 17.4. The lowest BCUT2D eigenvalue weighted by molar-refractivity contribution is -0.118. The van der Waals surface area contributed by atoms with Crippen molar-refractivity contribution in [2.45, 2.75) is 18.5 Å². The first-order chi connectivity index (χ1) is 14.0. The fraction of sp³-hybridized carbons (Fsp3) is 0.368. The molecule has 0 atom stereocenters. The van der Waals surface area contributed by atoms with Crippen LogP contribution in [0.5, 0.6) is 11.5 Å². The van der Waals surface area contributed by atoms with Gasteiger partial charge in [0, 0.05) is 12.7 Å². The van der Waals surface area contributed by atoms with Gasteiger partial charge in [-0.1, -0.05) is 17.8 Å². The van der Waals surface area contributed by atoms with Crippen molar-refractivity contribution in [3.63, 3.8) is 0 Å². The lowest BCUT2D eigenvalue weighted by Gasteiger charge is -2.10. The van der Waals surface area contributed by atoms with E-state index in [1.165, 1.54) is 6.20 Å². The van der Waals surface area contributed by atoms with E-state index in [0.29, 0.717) is 29.6 Å². The van der Waals surface area contributed by atoms with Crippen LogP contribution in [-0.4, -0.2) is 55.0 Å².